The summed E-state index contributed by atoms with van der Waals surface area (Å²) in [6.07, 6.45) is -2.75. The number of hydrogen-bond acceptors (Lipinski definition) is 2. The fourth-order valence-corrected chi connectivity index (χ4v) is 4.32. The van der Waals surface area contributed by atoms with E-state index in [9.17, 15) is 13.2 Å². The van der Waals surface area contributed by atoms with Crippen LogP contribution in [0.15, 0.2) is 72.9 Å². The van der Waals surface area contributed by atoms with E-state index in [1.165, 1.54) is 6.07 Å². The van der Waals surface area contributed by atoms with Crippen molar-refractivity contribution >= 4 is 5.65 Å². The molecule has 0 saturated heterocycles. The number of nitrogens with zero attached hydrogens (tertiary/aromatic N) is 4. The summed E-state index contributed by atoms with van der Waals surface area (Å²) in [5.41, 5.74) is 6.59. The summed E-state index contributed by atoms with van der Waals surface area (Å²) >= 11 is 0. The number of alkyl halides is 3. The first kappa shape index (κ1) is 21.0. The van der Waals surface area contributed by atoms with E-state index in [4.69, 9.17) is 0 Å². The Morgan fingerprint density at radius 1 is 0.788 bits per heavy atom. The van der Waals surface area contributed by atoms with Gasteiger partial charge in [-0.3, -0.25) is 0 Å². The highest BCUT2D eigenvalue weighted by atomic mass is 19.4. The fraction of sp³-hybridized carbons (Fsp3) is 0.154. The van der Waals surface area contributed by atoms with Gasteiger partial charge in [0.25, 0.3) is 0 Å². The van der Waals surface area contributed by atoms with Crippen LogP contribution in [0.4, 0.5) is 13.2 Å². The standard InChI is InChI=1S/C26H21F3N4/c1-16-7-8-17(2)32(16)22-11-9-19(10-12-22)23-13-14-30-25-24(18(3)31-33(23)25)20-5-4-6-21(15-20)26(27,28)29/h4-15H,1-3H3. The van der Waals surface area contributed by atoms with Crippen molar-refractivity contribution in [2.75, 3.05) is 0 Å². The molecule has 0 aliphatic carbocycles. The lowest BCUT2D eigenvalue weighted by atomic mass is 10.0. The third kappa shape index (κ3) is 3.59. The number of aromatic nitrogens is 4. The third-order valence-corrected chi connectivity index (χ3v) is 5.86. The molecule has 4 nitrogen and oxygen atoms in total. The minimum absolute atomic E-state index is 0.441. The summed E-state index contributed by atoms with van der Waals surface area (Å²) in [6.45, 7) is 5.92. The highest BCUT2D eigenvalue weighted by Crippen LogP contribution is 2.35. The minimum Gasteiger partial charge on any atom is -0.319 e. The Hall–Kier alpha value is -3.87. The van der Waals surface area contributed by atoms with Gasteiger partial charge >= 0.3 is 6.18 Å². The first-order chi connectivity index (χ1) is 15.7. The molecule has 0 aliphatic heterocycles. The molecule has 0 aliphatic rings. The molecule has 0 amide bonds. The Labute approximate surface area is 189 Å². The molecule has 0 unspecified atom stereocenters. The Bertz CT molecular complexity index is 1450. The summed E-state index contributed by atoms with van der Waals surface area (Å²) in [7, 11) is 0. The molecule has 0 spiro atoms. The van der Waals surface area contributed by atoms with Gasteiger partial charge in [-0.05, 0) is 68.8 Å². The van der Waals surface area contributed by atoms with Crippen LogP contribution in [-0.2, 0) is 6.18 Å². The first-order valence-corrected chi connectivity index (χ1v) is 10.5. The van der Waals surface area contributed by atoms with E-state index < -0.39 is 11.7 Å². The first-order valence-electron chi connectivity index (χ1n) is 10.5. The zero-order valence-corrected chi connectivity index (χ0v) is 18.4. The lowest BCUT2D eigenvalue weighted by molar-refractivity contribution is -0.137. The lowest BCUT2D eigenvalue weighted by Gasteiger charge is -2.11. The van der Waals surface area contributed by atoms with Gasteiger partial charge in [0.15, 0.2) is 5.65 Å². The molecule has 3 heterocycles. The van der Waals surface area contributed by atoms with E-state index in [1.807, 2.05) is 30.3 Å². The summed E-state index contributed by atoms with van der Waals surface area (Å²) in [6, 6.07) is 19.4. The van der Waals surface area contributed by atoms with Crippen molar-refractivity contribution in [2.45, 2.75) is 26.9 Å². The molecule has 0 saturated carbocycles. The minimum atomic E-state index is -4.41. The van der Waals surface area contributed by atoms with E-state index in [1.54, 1.807) is 23.7 Å². The van der Waals surface area contributed by atoms with E-state index in [-0.39, 0.29) is 0 Å². The largest absolute Gasteiger partial charge is 0.416 e. The number of halogens is 3. The van der Waals surface area contributed by atoms with Crippen LogP contribution >= 0.6 is 0 Å². The smallest absolute Gasteiger partial charge is 0.319 e. The van der Waals surface area contributed by atoms with Crippen molar-refractivity contribution in [2.24, 2.45) is 0 Å². The average molecular weight is 446 g/mol. The molecule has 7 heteroatoms. The van der Waals surface area contributed by atoms with E-state index in [0.29, 0.717) is 22.5 Å². The second kappa shape index (κ2) is 7.62. The number of hydrogen-bond donors (Lipinski definition) is 0. The van der Waals surface area contributed by atoms with Crippen LogP contribution in [0.5, 0.6) is 0 Å². The molecule has 5 rings (SSSR count). The van der Waals surface area contributed by atoms with Crippen LogP contribution in [0.3, 0.4) is 0 Å². The van der Waals surface area contributed by atoms with Crippen LogP contribution in [0.25, 0.3) is 33.7 Å². The van der Waals surface area contributed by atoms with E-state index >= 15 is 0 Å². The normalized spacial score (nSPS) is 11.9. The molecule has 0 atom stereocenters. The Kier molecular flexibility index (Phi) is 4.85. The molecule has 0 radical (unpaired) electrons. The Morgan fingerprint density at radius 2 is 1.48 bits per heavy atom. The van der Waals surface area contributed by atoms with Gasteiger partial charge in [-0.25, -0.2) is 9.50 Å². The van der Waals surface area contributed by atoms with Crippen molar-refractivity contribution in [3.05, 3.63) is 95.6 Å². The second-order valence-corrected chi connectivity index (χ2v) is 8.10. The predicted octanol–water partition coefficient (Wildman–Crippen LogP) is 6.80. The molecule has 33 heavy (non-hydrogen) atoms. The zero-order valence-electron chi connectivity index (χ0n) is 18.4. The number of aryl methyl sites for hydroxylation is 3. The van der Waals surface area contributed by atoms with Crippen molar-refractivity contribution in [1.82, 2.24) is 19.2 Å². The van der Waals surface area contributed by atoms with Gasteiger partial charge in [0, 0.05) is 34.4 Å². The SMILES string of the molecule is Cc1nn2c(-c3ccc(-n4c(C)ccc4C)cc3)ccnc2c1-c1cccc(C(F)(F)F)c1. The van der Waals surface area contributed by atoms with Gasteiger partial charge in [0.1, 0.15) is 0 Å². The average Bonchev–Trinajstić information content (AvgIpc) is 3.31. The summed E-state index contributed by atoms with van der Waals surface area (Å²) in [5.74, 6) is 0. The Balaban J connectivity index is 1.61. The van der Waals surface area contributed by atoms with Gasteiger partial charge in [0.2, 0.25) is 0 Å². The topological polar surface area (TPSA) is 35.1 Å². The predicted molar refractivity (Wildman–Crippen MR) is 122 cm³/mol. The number of benzene rings is 2. The van der Waals surface area contributed by atoms with Gasteiger partial charge in [0.05, 0.1) is 17.0 Å². The molecular formula is C26H21F3N4. The quantitative estimate of drug-likeness (QED) is 0.306. The van der Waals surface area contributed by atoms with Crippen molar-refractivity contribution < 1.29 is 13.2 Å². The maximum absolute atomic E-state index is 13.3. The summed E-state index contributed by atoms with van der Waals surface area (Å²) in [5, 5.41) is 4.63. The monoisotopic (exact) mass is 446 g/mol. The van der Waals surface area contributed by atoms with Crippen molar-refractivity contribution in [3.63, 3.8) is 0 Å². The summed E-state index contributed by atoms with van der Waals surface area (Å²) < 4.78 is 43.6. The van der Waals surface area contributed by atoms with Gasteiger partial charge in [-0.15, -0.1) is 0 Å². The highest BCUT2D eigenvalue weighted by molar-refractivity contribution is 5.82. The second-order valence-electron chi connectivity index (χ2n) is 8.10. The van der Waals surface area contributed by atoms with Crippen LogP contribution in [-0.4, -0.2) is 19.2 Å². The fourth-order valence-electron chi connectivity index (χ4n) is 4.32. The summed E-state index contributed by atoms with van der Waals surface area (Å²) in [4.78, 5) is 4.45. The molecule has 5 aromatic rings. The van der Waals surface area contributed by atoms with Gasteiger partial charge in [-0.2, -0.15) is 18.3 Å². The van der Waals surface area contributed by atoms with Crippen LogP contribution in [0.1, 0.15) is 22.6 Å². The maximum Gasteiger partial charge on any atom is 0.416 e. The van der Waals surface area contributed by atoms with E-state index in [0.717, 1.165) is 40.5 Å². The molecule has 0 fully saturated rings. The molecule has 2 aromatic carbocycles. The van der Waals surface area contributed by atoms with Gasteiger partial charge < -0.3 is 4.57 Å². The lowest BCUT2D eigenvalue weighted by Crippen LogP contribution is -2.04. The van der Waals surface area contributed by atoms with Crippen LogP contribution < -0.4 is 0 Å². The van der Waals surface area contributed by atoms with Crippen LogP contribution in [0, 0.1) is 20.8 Å². The van der Waals surface area contributed by atoms with Gasteiger partial charge in [-0.1, -0.05) is 24.3 Å². The number of rotatable bonds is 3. The third-order valence-electron chi connectivity index (χ3n) is 5.86. The number of fused-ring (bicyclic) bond motifs is 1. The van der Waals surface area contributed by atoms with Crippen molar-refractivity contribution in [3.8, 4) is 28.1 Å². The van der Waals surface area contributed by atoms with Crippen LogP contribution in [0.2, 0.25) is 0 Å². The maximum atomic E-state index is 13.3. The van der Waals surface area contributed by atoms with E-state index in [2.05, 4.69) is 40.6 Å². The molecule has 166 valence electrons. The molecule has 0 N–H and O–H groups in total. The Morgan fingerprint density at radius 3 is 2.15 bits per heavy atom. The zero-order chi connectivity index (χ0) is 23.3. The van der Waals surface area contributed by atoms with Crippen molar-refractivity contribution in [1.29, 1.82) is 0 Å². The highest BCUT2D eigenvalue weighted by Gasteiger charge is 2.31. The molecule has 3 aromatic heterocycles. The molecular weight excluding hydrogens is 425 g/mol. The molecule has 0 bridgehead atoms.